The van der Waals surface area contributed by atoms with E-state index in [2.05, 4.69) is 50.4 Å². The summed E-state index contributed by atoms with van der Waals surface area (Å²) in [6, 6.07) is 9.97. The van der Waals surface area contributed by atoms with E-state index in [4.69, 9.17) is 16.5 Å². The Morgan fingerprint density at radius 3 is 2.66 bits per heavy atom. The molecule has 1 aromatic carbocycles. The molecule has 4 aromatic rings. The number of para-hydroxylation sites is 1. The molecule has 8 nitrogen and oxygen atoms in total. The van der Waals surface area contributed by atoms with E-state index in [0.717, 1.165) is 57.2 Å². The fraction of sp³-hybridized carbons (Fsp3) is 0.304. The van der Waals surface area contributed by atoms with E-state index in [-0.39, 0.29) is 11.9 Å². The lowest BCUT2D eigenvalue weighted by molar-refractivity contribution is -0.119. The Kier molecular flexibility index (Phi) is 7.76. The van der Waals surface area contributed by atoms with Crippen LogP contribution in [0.2, 0.25) is 0 Å². The lowest BCUT2D eigenvalue weighted by Gasteiger charge is -2.08. The molecule has 0 fully saturated rings. The Morgan fingerprint density at radius 1 is 1.25 bits per heavy atom. The summed E-state index contributed by atoms with van der Waals surface area (Å²) in [7, 11) is 0. The zero-order valence-corrected chi connectivity index (χ0v) is 20.1. The highest BCUT2D eigenvalue weighted by Crippen LogP contribution is 2.31. The number of hydrogen-bond acceptors (Lipinski definition) is 6. The van der Waals surface area contributed by atoms with Crippen LogP contribution in [0.1, 0.15) is 32.9 Å². The van der Waals surface area contributed by atoms with Gasteiger partial charge in [0.05, 0.1) is 27.9 Å². The number of aromatic nitrogens is 4. The van der Waals surface area contributed by atoms with E-state index in [1.165, 1.54) is 0 Å². The van der Waals surface area contributed by atoms with Gasteiger partial charge in [0.2, 0.25) is 5.91 Å². The molecule has 0 aliphatic rings. The summed E-state index contributed by atoms with van der Waals surface area (Å²) in [5.74, 6) is 0.273. The molecule has 9 heteroatoms. The lowest BCUT2D eigenvalue weighted by Crippen LogP contribution is -2.38. The van der Waals surface area contributed by atoms with E-state index >= 15 is 0 Å². The van der Waals surface area contributed by atoms with Crippen molar-refractivity contribution < 1.29 is 4.79 Å². The van der Waals surface area contributed by atoms with Crippen LogP contribution < -0.4 is 16.8 Å². The number of primary amides is 1. The first kappa shape index (κ1) is 23.6. The van der Waals surface area contributed by atoms with Crippen LogP contribution >= 0.6 is 15.9 Å². The quantitative estimate of drug-likeness (QED) is 0.372. The molecule has 3 heterocycles. The minimum Gasteiger partial charge on any atom is -0.383 e. The highest BCUT2D eigenvalue weighted by molar-refractivity contribution is 9.10. The number of benzene rings is 1. The number of nitrogen functional groups attached to an aromatic ring is 1. The van der Waals surface area contributed by atoms with Crippen molar-refractivity contribution >= 4 is 44.2 Å². The third-order valence-electron chi connectivity index (χ3n) is 5.02. The highest BCUT2D eigenvalue weighted by atomic mass is 79.9. The maximum absolute atomic E-state index is 10.2. The van der Waals surface area contributed by atoms with E-state index in [9.17, 15) is 4.79 Å². The second-order valence-corrected chi connectivity index (χ2v) is 8.19. The molecular weight excluding hydrogens is 470 g/mol. The number of amides is 1. The summed E-state index contributed by atoms with van der Waals surface area (Å²) in [4.78, 5) is 19.6. The lowest BCUT2D eigenvalue weighted by atomic mass is 10.1. The molecule has 168 valence electrons. The summed E-state index contributed by atoms with van der Waals surface area (Å²) < 4.78 is 2.50. The number of likely N-dealkylation sites (N-methyl/N-ethyl adjacent to an activating group) is 1. The van der Waals surface area contributed by atoms with Gasteiger partial charge in [-0.25, -0.2) is 4.98 Å². The molecule has 32 heavy (non-hydrogen) atoms. The molecule has 0 spiro atoms. The Morgan fingerprint density at radius 2 is 2.00 bits per heavy atom. The maximum Gasteiger partial charge on any atom is 0.234 e. The number of aryl methyl sites for hydroxylation is 1. The van der Waals surface area contributed by atoms with Crippen LogP contribution in [0.4, 0.5) is 5.82 Å². The van der Waals surface area contributed by atoms with Crippen molar-refractivity contribution in [2.75, 3.05) is 12.3 Å². The largest absolute Gasteiger partial charge is 0.383 e. The molecular formula is C23H28BrN7O. The van der Waals surface area contributed by atoms with Crippen LogP contribution in [0.25, 0.3) is 27.7 Å². The smallest absolute Gasteiger partial charge is 0.234 e. The topological polar surface area (TPSA) is 124 Å². The standard InChI is InChI=1S/C18H16BrN5.C5H12N2O/c1-2-5-15-16(19)17(20)24-18(23-15)13(10-22-24)12-8-11-6-3-4-7-14(11)21-9-12;1-3-7-4(2)5(6)8/h3-4,6-10H,2,5,20H2,1H3;4,7H,3H2,1-2H3,(H2,6,8). The van der Waals surface area contributed by atoms with Crippen molar-refractivity contribution in [3.63, 3.8) is 0 Å². The number of rotatable bonds is 6. The Balaban J connectivity index is 0.000000312. The average Bonchev–Trinajstić information content (AvgIpc) is 3.21. The molecule has 0 aliphatic heterocycles. The number of pyridine rings is 1. The summed E-state index contributed by atoms with van der Waals surface area (Å²) in [6.45, 7) is 6.58. The van der Waals surface area contributed by atoms with Crippen LogP contribution in [0.3, 0.4) is 0 Å². The number of carbonyl (C=O) groups is 1. The van der Waals surface area contributed by atoms with Gasteiger partial charge >= 0.3 is 0 Å². The van der Waals surface area contributed by atoms with Gasteiger partial charge in [-0.3, -0.25) is 9.78 Å². The van der Waals surface area contributed by atoms with Gasteiger partial charge in [-0.1, -0.05) is 38.5 Å². The fourth-order valence-corrected chi connectivity index (χ4v) is 3.73. The first-order valence-electron chi connectivity index (χ1n) is 10.6. The molecule has 0 saturated heterocycles. The number of hydrogen-bond donors (Lipinski definition) is 3. The van der Waals surface area contributed by atoms with Gasteiger partial charge in [0.1, 0.15) is 5.82 Å². The van der Waals surface area contributed by atoms with Gasteiger partial charge in [-0.15, -0.1) is 0 Å². The second-order valence-electron chi connectivity index (χ2n) is 7.40. The Hall–Kier alpha value is -3.04. The monoisotopic (exact) mass is 497 g/mol. The van der Waals surface area contributed by atoms with Crippen molar-refractivity contribution in [1.82, 2.24) is 24.9 Å². The number of fused-ring (bicyclic) bond motifs is 2. The van der Waals surface area contributed by atoms with Crippen LogP contribution in [0.15, 0.2) is 47.2 Å². The van der Waals surface area contributed by atoms with Gasteiger partial charge in [0.15, 0.2) is 5.65 Å². The predicted molar refractivity (Wildman–Crippen MR) is 132 cm³/mol. The van der Waals surface area contributed by atoms with E-state index in [0.29, 0.717) is 5.82 Å². The van der Waals surface area contributed by atoms with Gasteiger partial charge in [0, 0.05) is 22.7 Å². The number of nitrogens with two attached hydrogens (primary N) is 2. The molecule has 0 aliphatic carbocycles. The molecule has 3 aromatic heterocycles. The summed E-state index contributed by atoms with van der Waals surface area (Å²) in [6.07, 6.45) is 5.52. The zero-order chi connectivity index (χ0) is 23.3. The van der Waals surface area contributed by atoms with E-state index < -0.39 is 0 Å². The molecule has 0 bridgehead atoms. The van der Waals surface area contributed by atoms with Gasteiger partial charge in [-0.2, -0.15) is 9.61 Å². The molecule has 1 atom stereocenters. The van der Waals surface area contributed by atoms with Crippen molar-refractivity contribution in [2.24, 2.45) is 5.73 Å². The van der Waals surface area contributed by atoms with Crippen LogP contribution in [0, 0.1) is 0 Å². The number of halogens is 1. The van der Waals surface area contributed by atoms with Crippen molar-refractivity contribution in [3.8, 4) is 11.1 Å². The Labute approximate surface area is 195 Å². The van der Waals surface area contributed by atoms with E-state index in [1.54, 1.807) is 17.6 Å². The van der Waals surface area contributed by atoms with Gasteiger partial charge in [-0.05, 0) is 48.0 Å². The van der Waals surface area contributed by atoms with Gasteiger partial charge in [0.25, 0.3) is 0 Å². The predicted octanol–water partition coefficient (Wildman–Crippen LogP) is 3.71. The summed E-state index contributed by atoms with van der Waals surface area (Å²) >= 11 is 3.54. The van der Waals surface area contributed by atoms with Crippen LogP contribution in [-0.2, 0) is 11.2 Å². The summed E-state index contributed by atoms with van der Waals surface area (Å²) in [5, 5.41) is 8.37. The molecule has 5 N–H and O–H groups in total. The SMILES string of the molecule is CCCc1nc2c(-c3cnc4ccccc4c3)cnn2c(N)c1Br.CCNC(C)C(N)=O. The second kappa shape index (κ2) is 10.5. The molecule has 0 saturated carbocycles. The number of carbonyl (C=O) groups excluding carboxylic acids is 1. The third-order valence-corrected chi connectivity index (χ3v) is 5.88. The molecule has 1 unspecified atom stereocenters. The number of anilines is 1. The maximum atomic E-state index is 10.2. The summed E-state index contributed by atoms with van der Waals surface area (Å²) in [5.41, 5.74) is 15.8. The van der Waals surface area contributed by atoms with Crippen molar-refractivity contribution in [3.05, 3.63) is 52.9 Å². The first-order chi connectivity index (χ1) is 15.4. The normalized spacial score (nSPS) is 11.9. The van der Waals surface area contributed by atoms with Gasteiger partial charge < -0.3 is 16.8 Å². The molecule has 0 radical (unpaired) electrons. The highest BCUT2D eigenvalue weighted by Gasteiger charge is 2.16. The fourth-order valence-electron chi connectivity index (χ4n) is 3.27. The molecule has 1 amide bonds. The Bertz CT molecular complexity index is 1240. The zero-order valence-electron chi connectivity index (χ0n) is 18.5. The van der Waals surface area contributed by atoms with E-state index in [1.807, 2.05) is 31.3 Å². The van der Waals surface area contributed by atoms with Crippen LogP contribution in [-0.4, -0.2) is 38.1 Å². The minimum absolute atomic E-state index is 0.194. The number of nitrogens with one attached hydrogen (secondary N) is 1. The van der Waals surface area contributed by atoms with Crippen molar-refractivity contribution in [2.45, 2.75) is 39.7 Å². The third kappa shape index (κ3) is 5.05. The number of nitrogens with zero attached hydrogens (tertiary/aromatic N) is 4. The molecule has 4 rings (SSSR count). The van der Waals surface area contributed by atoms with Crippen molar-refractivity contribution in [1.29, 1.82) is 0 Å². The minimum atomic E-state index is -0.299. The van der Waals surface area contributed by atoms with Crippen LogP contribution in [0.5, 0.6) is 0 Å². The first-order valence-corrected chi connectivity index (χ1v) is 11.4. The average molecular weight is 498 g/mol.